The van der Waals surface area contributed by atoms with Crippen LogP contribution in [-0.4, -0.2) is 13.2 Å². The summed E-state index contributed by atoms with van der Waals surface area (Å²) in [5.74, 6) is 0. The van der Waals surface area contributed by atoms with Crippen molar-refractivity contribution in [2.45, 2.75) is 0 Å². The minimum Gasteiger partial charge on any atom is -0.399 e. The lowest BCUT2D eigenvalue weighted by Crippen LogP contribution is -1.87. The Morgan fingerprint density at radius 1 is 1.09 bits per heavy atom. The molecule has 1 saturated heterocycles. The summed E-state index contributed by atoms with van der Waals surface area (Å²) in [5, 5.41) is 0. The van der Waals surface area contributed by atoms with Crippen molar-refractivity contribution in [3.63, 3.8) is 0 Å². The molecule has 1 heterocycles. The van der Waals surface area contributed by atoms with Crippen LogP contribution in [0.1, 0.15) is 0 Å². The van der Waals surface area contributed by atoms with Crippen LogP contribution in [0, 0.1) is 0 Å². The molecule has 60 valence electrons. The zero-order valence-electron chi connectivity index (χ0n) is 6.29. The summed E-state index contributed by atoms with van der Waals surface area (Å²) in [6.07, 6.45) is 0. The lowest BCUT2D eigenvalue weighted by Gasteiger charge is -1.91. The van der Waals surface area contributed by atoms with E-state index in [4.69, 9.17) is 11.5 Å². The molecule has 3 heteroatoms. The molecule has 0 saturated carbocycles. The Kier molecular flexibility index (Phi) is 2.74. The molecule has 0 amide bonds. The maximum atomic E-state index is 5.38. The van der Waals surface area contributed by atoms with Crippen LogP contribution in [0.3, 0.4) is 0 Å². The Morgan fingerprint density at radius 3 is 1.73 bits per heavy atom. The van der Waals surface area contributed by atoms with E-state index in [1.165, 1.54) is 0 Å². The third-order valence-corrected chi connectivity index (χ3v) is 1.11. The van der Waals surface area contributed by atoms with Crippen LogP contribution in [0.15, 0.2) is 24.3 Å². The first-order valence-electron chi connectivity index (χ1n) is 3.48. The Morgan fingerprint density at radius 2 is 1.55 bits per heavy atom. The van der Waals surface area contributed by atoms with Gasteiger partial charge < -0.3 is 16.2 Å². The van der Waals surface area contributed by atoms with Crippen LogP contribution in [0.5, 0.6) is 0 Å². The average Bonchev–Trinajstić information content (AvgIpc) is 2.69. The maximum absolute atomic E-state index is 5.38. The lowest BCUT2D eigenvalue weighted by atomic mass is 10.3. The van der Waals surface area contributed by atoms with Gasteiger partial charge in [-0.2, -0.15) is 0 Å². The van der Waals surface area contributed by atoms with Gasteiger partial charge in [-0.1, -0.05) is 6.07 Å². The number of hydrogen-bond donors (Lipinski definition) is 2. The molecule has 0 spiro atoms. The minimum atomic E-state index is 0.713. The number of nitrogens with two attached hydrogens (primary N) is 2. The fraction of sp³-hybridized carbons (Fsp3) is 0.250. The Labute approximate surface area is 66.0 Å². The predicted octanol–water partition coefficient (Wildman–Crippen LogP) is 0.868. The van der Waals surface area contributed by atoms with Crippen molar-refractivity contribution in [2.24, 2.45) is 0 Å². The number of hydrogen-bond acceptors (Lipinski definition) is 3. The first kappa shape index (κ1) is 7.88. The van der Waals surface area contributed by atoms with Gasteiger partial charge in [-0.15, -0.1) is 0 Å². The van der Waals surface area contributed by atoms with E-state index in [1.54, 1.807) is 18.2 Å². The monoisotopic (exact) mass is 152 g/mol. The molecule has 3 nitrogen and oxygen atoms in total. The standard InChI is InChI=1S/C6H8N2.C2H4O/c7-5-2-1-3-6(8)4-5;1-2-3-1/h1-4H,7-8H2;1-2H2. The molecule has 1 aliphatic heterocycles. The summed E-state index contributed by atoms with van der Waals surface area (Å²) in [7, 11) is 0. The summed E-state index contributed by atoms with van der Waals surface area (Å²) >= 11 is 0. The highest BCUT2D eigenvalue weighted by molar-refractivity contribution is 5.50. The van der Waals surface area contributed by atoms with Crippen LogP contribution >= 0.6 is 0 Å². The molecule has 2 rings (SSSR count). The van der Waals surface area contributed by atoms with Crippen molar-refractivity contribution in [3.05, 3.63) is 24.3 Å². The molecule has 11 heavy (non-hydrogen) atoms. The average molecular weight is 152 g/mol. The summed E-state index contributed by atoms with van der Waals surface area (Å²) in [4.78, 5) is 0. The normalized spacial score (nSPS) is 13.1. The third-order valence-electron chi connectivity index (χ3n) is 1.11. The van der Waals surface area contributed by atoms with Crippen molar-refractivity contribution >= 4 is 11.4 Å². The molecular weight excluding hydrogens is 140 g/mol. The van der Waals surface area contributed by atoms with E-state index in [-0.39, 0.29) is 0 Å². The van der Waals surface area contributed by atoms with Crippen molar-refractivity contribution in [1.82, 2.24) is 0 Å². The van der Waals surface area contributed by atoms with Gasteiger partial charge in [0, 0.05) is 11.4 Å². The number of ether oxygens (including phenoxy) is 1. The smallest absolute Gasteiger partial charge is 0.0701 e. The number of epoxide rings is 1. The minimum absolute atomic E-state index is 0.713. The molecule has 1 aromatic rings. The van der Waals surface area contributed by atoms with Gasteiger partial charge >= 0.3 is 0 Å². The van der Waals surface area contributed by atoms with Crippen LogP contribution in [-0.2, 0) is 4.74 Å². The first-order valence-corrected chi connectivity index (χ1v) is 3.48. The molecule has 0 aromatic heterocycles. The van der Waals surface area contributed by atoms with Gasteiger partial charge in [-0.05, 0) is 18.2 Å². The van der Waals surface area contributed by atoms with Crippen molar-refractivity contribution in [2.75, 3.05) is 24.7 Å². The van der Waals surface area contributed by atoms with E-state index in [0.29, 0.717) is 11.4 Å². The van der Waals surface area contributed by atoms with Gasteiger partial charge in [0.05, 0.1) is 13.2 Å². The SMILES string of the molecule is C1CO1.Nc1cccc(N)c1. The van der Waals surface area contributed by atoms with Crippen LogP contribution < -0.4 is 11.5 Å². The van der Waals surface area contributed by atoms with Gasteiger partial charge in [0.2, 0.25) is 0 Å². The molecule has 0 radical (unpaired) electrons. The Balaban J connectivity index is 0.000000167. The summed E-state index contributed by atoms with van der Waals surface area (Å²) < 4.78 is 4.50. The van der Waals surface area contributed by atoms with E-state index < -0.39 is 0 Å². The molecule has 4 N–H and O–H groups in total. The van der Waals surface area contributed by atoms with E-state index in [1.807, 2.05) is 6.07 Å². The Bertz CT molecular complexity index is 203. The van der Waals surface area contributed by atoms with E-state index in [2.05, 4.69) is 4.74 Å². The third kappa shape index (κ3) is 4.22. The highest BCUT2D eigenvalue weighted by atomic mass is 16.6. The van der Waals surface area contributed by atoms with E-state index in [0.717, 1.165) is 13.2 Å². The number of rotatable bonds is 0. The molecular formula is C8H12N2O. The van der Waals surface area contributed by atoms with Crippen LogP contribution in [0.25, 0.3) is 0 Å². The first-order chi connectivity index (χ1) is 5.29. The second kappa shape index (κ2) is 3.83. The predicted molar refractivity (Wildman–Crippen MR) is 46.1 cm³/mol. The number of anilines is 2. The maximum Gasteiger partial charge on any atom is 0.0701 e. The van der Waals surface area contributed by atoms with Gasteiger partial charge in [-0.25, -0.2) is 0 Å². The lowest BCUT2D eigenvalue weighted by molar-refractivity contribution is 0.475. The molecule has 0 bridgehead atoms. The molecule has 0 aliphatic carbocycles. The molecule has 0 unspecified atom stereocenters. The van der Waals surface area contributed by atoms with E-state index >= 15 is 0 Å². The molecule has 0 atom stereocenters. The van der Waals surface area contributed by atoms with Gasteiger partial charge in [0.1, 0.15) is 0 Å². The van der Waals surface area contributed by atoms with Crippen LogP contribution in [0.4, 0.5) is 11.4 Å². The Hall–Kier alpha value is -1.22. The topological polar surface area (TPSA) is 64.6 Å². The quantitative estimate of drug-likeness (QED) is 0.428. The second-order valence-electron chi connectivity index (χ2n) is 2.28. The van der Waals surface area contributed by atoms with Gasteiger partial charge in [0.15, 0.2) is 0 Å². The zero-order chi connectivity index (χ0) is 8.10. The zero-order valence-corrected chi connectivity index (χ0v) is 6.29. The van der Waals surface area contributed by atoms with Crippen molar-refractivity contribution in [1.29, 1.82) is 0 Å². The molecule has 1 aliphatic rings. The fourth-order valence-corrected chi connectivity index (χ4v) is 0.559. The summed E-state index contributed by atoms with van der Waals surface area (Å²) in [6, 6.07) is 7.15. The molecule has 1 aromatic carbocycles. The molecule has 1 fully saturated rings. The van der Waals surface area contributed by atoms with Gasteiger partial charge in [-0.3, -0.25) is 0 Å². The fourth-order valence-electron chi connectivity index (χ4n) is 0.559. The largest absolute Gasteiger partial charge is 0.399 e. The van der Waals surface area contributed by atoms with Crippen molar-refractivity contribution in [3.8, 4) is 0 Å². The van der Waals surface area contributed by atoms with Crippen LogP contribution in [0.2, 0.25) is 0 Å². The summed E-state index contributed by atoms with van der Waals surface area (Å²) in [6.45, 7) is 2.00. The highest BCUT2D eigenvalue weighted by Crippen LogP contribution is 2.06. The van der Waals surface area contributed by atoms with Crippen molar-refractivity contribution < 1.29 is 4.74 Å². The number of benzene rings is 1. The highest BCUT2D eigenvalue weighted by Gasteiger charge is 1.94. The number of nitrogen functional groups attached to an aromatic ring is 2. The summed E-state index contributed by atoms with van der Waals surface area (Å²) in [5.41, 5.74) is 12.2. The van der Waals surface area contributed by atoms with Gasteiger partial charge in [0.25, 0.3) is 0 Å². The second-order valence-corrected chi connectivity index (χ2v) is 2.28. The van der Waals surface area contributed by atoms with E-state index in [9.17, 15) is 0 Å².